The molecule has 0 saturated heterocycles. The molecule has 31 heavy (non-hydrogen) atoms. The Kier molecular flexibility index (Phi) is 3.44. The lowest BCUT2D eigenvalue weighted by atomic mass is 10.1. The summed E-state index contributed by atoms with van der Waals surface area (Å²) in [6.07, 6.45) is 0. The molecule has 0 amide bonds. The number of rotatable bonds is 1. The van der Waals surface area contributed by atoms with Gasteiger partial charge in [0.05, 0.1) is 22.1 Å². The molecule has 2 heterocycles. The molecule has 7 rings (SSSR count). The minimum atomic E-state index is 0.886. The summed E-state index contributed by atoms with van der Waals surface area (Å²) < 4.78 is 9.60. The highest BCUT2D eigenvalue weighted by Crippen LogP contribution is 2.40. The van der Waals surface area contributed by atoms with E-state index in [1.807, 2.05) is 12.1 Å². The highest BCUT2D eigenvalue weighted by Gasteiger charge is 2.18. The Hall–Kier alpha value is -3.56. The Balaban J connectivity index is 1.74. The maximum absolute atomic E-state index is 6.22. The third-order valence-electron chi connectivity index (χ3n) is 6.20. The molecular formula is C28H16BrNO. The van der Waals surface area contributed by atoms with Gasteiger partial charge in [-0.25, -0.2) is 0 Å². The average Bonchev–Trinajstić information content (AvgIpc) is 3.32. The molecular weight excluding hydrogens is 446 g/mol. The maximum atomic E-state index is 6.22. The summed E-state index contributed by atoms with van der Waals surface area (Å²) in [5, 5.41) is 7.27. The van der Waals surface area contributed by atoms with Crippen molar-refractivity contribution in [3.63, 3.8) is 0 Å². The number of aromatic nitrogens is 1. The molecule has 3 heteroatoms. The lowest BCUT2D eigenvalue weighted by molar-refractivity contribution is 0.668. The maximum Gasteiger partial charge on any atom is 0.138 e. The highest BCUT2D eigenvalue weighted by atomic mass is 79.9. The molecule has 0 aliphatic carbocycles. The van der Waals surface area contributed by atoms with Crippen LogP contribution in [-0.2, 0) is 0 Å². The smallest absolute Gasteiger partial charge is 0.138 e. The van der Waals surface area contributed by atoms with Gasteiger partial charge in [-0.15, -0.1) is 0 Å². The number of halogens is 1. The van der Waals surface area contributed by atoms with Crippen LogP contribution in [0, 0.1) is 0 Å². The normalized spacial score (nSPS) is 12.0. The van der Waals surface area contributed by atoms with Gasteiger partial charge in [-0.1, -0.05) is 76.6 Å². The van der Waals surface area contributed by atoms with E-state index in [0.29, 0.717) is 0 Å². The predicted molar refractivity (Wildman–Crippen MR) is 133 cm³/mol. The van der Waals surface area contributed by atoms with Crippen molar-refractivity contribution in [2.24, 2.45) is 0 Å². The van der Waals surface area contributed by atoms with Gasteiger partial charge >= 0.3 is 0 Å². The van der Waals surface area contributed by atoms with Crippen LogP contribution in [0.4, 0.5) is 0 Å². The standard InChI is InChI=1S/C28H16BrNO/c29-19-15-25(28-21-10-4-6-12-26(21)31-27(28)16-19)30-23-11-5-3-9-20(23)22-13-17-7-1-2-8-18(17)14-24(22)30/h1-16H. The van der Waals surface area contributed by atoms with Gasteiger partial charge in [0.1, 0.15) is 11.2 Å². The first kappa shape index (κ1) is 17.2. The zero-order chi connectivity index (χ0) is 20.5. The van der Waals surface area contributed by atoms with Crippen LogP contribution in [0.25, 0.3) is 60.2 Å². The van der Waals surface area contributed by atoms with Crippen molar-refractivity contribution in [3.8, 4) is 5.69 Å². The highest BCUT2D eigenvalue weighted by molar-refractivity contribution is 9.10. The first-order valence-corrected chi connectivity index (χ1v) is 11.1. The Bertz CT molecular complexity index is 1810. The van der Waals surface area contributed by atoms with E-state index in [9.17, 15) is 0 Å². The fourth-order valence-electron chi connectivity index (χ4n) is 4.89. The summed E-state index contributed by atoms with van der Waals surface area (Å²) in [6.45, 7) is 0. The van der Waals surface area contributed by atoms with Gasteiger partial charge in [0.2, 0.25) is 0 Å². The van der Waals surface area contributed by atoms with E-state index in [1.165, 1.54) is 32.6 Å². The monoisotopic (exact) mass is 461 g/mol. The zero-order valence-electron chi connectivity index (χ0n) is 16.5. The Morgan fingerprint density at radius 2 is 1.29 bits per heavy atom. The van der Waals surface area contributed by atoms with Crippen LogP contribution in [0.2, 0.25) is 0 Å². The molecule has 5 aromatic carbocycles. The predicted octanol–water partition coefficient (Wildman–Crippen LogP) is 8.60. The number of furan rings is 1. The summed E-state index contributed by atoms with van der Waals surface area (Å²) in [5.74, 6) is 0. The van der Waals surface area contributed by atoms with Crippen molar-refractivity contribution < 1.29 is 4.42 Å². The second kappa shape index (κ2) is 6.22. The van der Waals surface area contributed by atoms with Crippen molar-refractivity contribution >= 4 is 70.4 Å². The third-order valence-corrected chi connectivity index (χ3v) is 6.66. The number of para-hydroxylation sites is 2. The molecule has 2 nitrogen and oxygen atoms in total. The molecule has 0 fully saturated rings. The van der Waals surface area contributed by atoms with Crippen LogP contribution in [-0.4, -0.2) is 4.57 Å². The number of fused-ring (bicyclic) bond motifs is 7. The van der Waals surface area contributed by atoms with Gasteiger partial charge in [-0.05, 0) is 47.2 Å². The minimum absolute atomic E-state index is 0.886. The van der Waals surface area contributed by atoms with Crippen LogP contribution < -0.4 is 0 Å². The Morgan fingerprint density at radius 1 is 0.581 bits per heavy atom. The minimum Gasteiger partial charge on any atom is -0.456 e. The summed E-state index contributed by atoms with van der Waals surface area (Å²) in [7, 11) is 0. The number of nitrogens with zero attached hydrogens (tertiary/aromatic N) is 1. The summed E-state index contributed by atoms with van der Waals surface area (Å²) in [5.41, 5.74) is 5.30. The topological polar surface area (TPSA) is 18.1 Å². The van der Waals surface area contributed by atoms with E-state index in [1.54, 1.807) is 0 Å². The van der Waals surface area contributed by atoms with Gasteiger partial charge in [0.25, 0.3) is 0 Å². The molecule has 0 aliphatic rings. The Labute approximate surface area is 186 Å². The second-order valence-corrected chi connectivity index (χ2v) is 8.88. The summed E-state index contributed by atoms with van der Waals surface area (Å²) in [6, 6.07) is 34.3. The molecule has 0 spiro atoms. The lowest BCUT2D eigenvalue weighted by Crippen LogP contribution is -1.95. The van der Waals surface area contributed by atoms with Crippen LogP contribution >= 0.6 is 15.9 Å². The van der Waals surface area contributed by atoms with E-state index >= 15 is 0 Å². The van der Waals surface area contributed by atoms with E-state index in [-0.39, 0.29) is 0 Å². The first-order chi connectivity index (χ1) is 15.3. The molecule has 0 aliphatic heterocycles. The van der Waals surface area contributed by atoms with Crippen molar-refractivity contribution in [2.75, 3.05) is 0 Å². The van der Waals surface area contributed by atoms with E-state index in [2.05, 4.69) is 105 Å². The van der Waals surface area contributed by atoms with Gasteiger partial charge in [0, 0.05) is 20.6 Å². The summed E-state index contributed by atoms with van der Waals surface area (Å²) >= 11 is 3.72. The molecule has 0 saturated carbocycles. The fourth-order valence-corrected chi connectivity index (χ4v) is 5.32. The summed E-state index contributed by atoms with van der Waals surface area (Å²) in [4.78, 5) is 0. The number of hydrogen-bond donors (Lipinski definition) is 0. The quantitative estimate of drug-likeness (QED) is 0.239. The fraction of sp³-hybridized carbons (Fsp3) is 0. The molecule has 0 N–H and O–H groups in total. The van der Waals surface area contributed by atoms with Crippen molar-refractivity contribution in [1.29, 1.82) is 0 Å². The van der Waals surface area contributed by atoms with Crippen LogP contribution in [0.3, 0.4) is 0 Å². The van der Waals surface area contributed by atoms with Crippen LogP contribution in [0.5, 0.6) is 0 Å². The molecule has 0 radical (unpaired) electrons. The van der Waals surface area contributed by atoms with Gasteiger partial charge in [-0.2, -0.15) is 0 Å². The first-order valence-electron chi connectivity index (χ1n) is 10.3. The van der Waals surface area contributed by atoms with E-state index < -0.39 is 0 Å². The SMILES string of the molecule is Brc1cc(-n2c3ccccc3c3cc4ccccc4cc32)c2c(c1)oc1ccccc12. The molecule has 0 atom stereocenters. The second-order valence-electron chi connectivity index (χ2n) is 7.97. The molecule has 0 bridgehead atoms. The lowest BCUT2D eigenvalue weighted by Gasteiger charge is -2.11. The van der Waals surface area contributed by atoms with Gasteiger partial charge < -0.3 is 8.98 Å². The molecule has 0 unspecified atom stereocenters. The molecule has 7 aromatic rings. The molecule has 2 aromatic heterocycles. The Morgan fingerprint density at radius 3 is 2.16 bits per heavy atom. The van der Waals surface area contributed by atoms with E-state index in [4.69, 9.17) is 4.42 Å². The third kappa shape index (κ3) is 2.38. The largest absolute Gasteiger partial charge is 0.456 e. The number of benzene rings is 5. The zero-order valence-corrected chi connectivity index (χ0v) is 18.1. The number of hydrogen-bond acceptors (Lipinski definition) is 1. The van der Waals surface area contributed by atoms with Gasteiger partial charge in [-0.3, -0.25) is 0 Å². The molecule has 146 valence electrons. The van der Waals surface area contributed by atoms with Crippen molar-refractivity contribution in [3.05, 3.63) is 102 Å². The van der Waals surface area contributed by atoms with Crippen molar-refractivity contribution in [1.82, 2.24) is 4.57 Å². The van der Waals surface area contributed by atoms with Crippen LogP contribution in [0.1, 0.15) is 0 Å². The average molecular weight is 462 g/mol. The van der Waals surface area contributed by atoms with Crippen molar-refractivity contribution in [2.45, 2.75) is 0 Å². The van der Waals surface area contributed by atoms with E-state index in [0.717, 1.165) is 32.1 Å². The van der Waals surface area contributed by atoms with Gasteiger partial charge in [0.15, 0.2) is 0 Å². The van der Waals surface area contributed by atoms with Crippen LogP contribution in [0.15, 0.2) is 106 Å².